The van der Waals surface area contributed by atoms with Crippen molar-refractivity contribution in [3.05, 3.63) is 69.5 Å². The van der Waals surface area contributed by atoms with Gasteiger partial charge in [-0.25, -0.2) is 0 Å². The van der Waals surface area contributed by atoms with E-state index in [9.17, 15) is 24.5 Å². The molecule has 11 heteroatoms. The molecule has 2 aliphatic heterocycles. The predicted molar refractivity (Wildman–Crippen MR) is 125 cm³/mol. The first-order valence-electron chi connectivity index (χ1n) is 11.4. The number of hydrogen-bond acceptors (Lipinski definition) is 7. The van der Waals surface area contributed by atoms with E-state index in [2.05, 4.69) is 20.1 Å². The van der Waals surface area contributed by atoms with E-state index >= 15 is 0 Å². The molecule has 1 N–H and O–H groups in total. The molecule has 0 unspecified atom stereocenters. The Labute approximate surface area is 199 Å². The van der Waals surface area contributed by atoms with Crippen molar-refractivity contribution in [3.8, 4) is 11.4 Å². The molecule has 5 rings (SSSR count). The number of benzene rings is 2. The molecule has 0 fully saturated rings. The molecule has 0 spiro atoms. The summed E-state index contributed by atoms with van der Waals surface area (Å²) < 4.78 is 2.15. The Morgan fingerprint density at radius 3 is 2.60 bits per heavy atom. The standard InChI is InChI=1S/C24H22N6O5/c31-20(12-14-29-23(32)17-5-4-6-18(30(34)35)21(17)24(29)33)25-16-10-8-15(9-11-16)22-27-26-19-7-2-1-3-13-28(19)22/h4-6,8-11H,1-3,7,12-14H2,(H,25,31). The number of fused-ring (bicyclic) bond motifs is 2. The molecule has 0 aliphatic carbocycles. The van der Waals surface area contributed by atoms with Gasteiger partial charge in [0.25, 0.3) is 17.5 Å². The number of nitrogens with one attached hydrogen (secondary N) is 1. The molecule has 0 saturated carbocycles. The zero-order chi connectivity index (χ0) is 24.5. The van der Waals surface area contributed by atoms with Crippen LogP contribution in [0.4, 0.5) is 11.4 Å². The number of aryl methyl sites for hydroxylation is 1. The van der Waals surface area contributed by atoms with E-state index in [1.54, 1.807) is 12.1 Å². The predicted octanol–water partition coefficient (Wildman–Crippen LogP) is 3.20. The average Bonchev–Trinajstić information content (AvgIpc) is 3.25. The van der Waals surface area contributed by atoms with Gasteiger partial charge < -0.3 is 9.88 Å². The zero-order valence-corrected chi connectivity index (χ0v) is 18.8. The smallest absolute Gasteiger partial charge is 0.282 e. The number of hydrogen-bond donors (Lipinski definition) is 1. The molecule has 0 saturated heterocycles. The lowest BCUT2D eigenvalue weighted by molar-refractivity contribution is -0.385. The Kier molecular flexibility index (Phi) is 5.81. The molecule has 0 radical (unpaired) electrons. The molecule has 0 bridgehead atoms. The number of carbonyl (C=O) groups is 3. The van der Waals surface area contributed by atoms with E-state index in [4.69, 9.17) is 0 Å². The van der Waals surface area contributed by atoms with E-state index < -0.39 is 22.4 Å². The number of carbonyl (C=O) groups excluding carboxylic acids is 3. The highest BCUT2D eigenvalue weighted by molar-refractivity contribution is 6.23. The average molecular weight is 474 g/mol. The number of nitro groups is 1. The lowest BCUT2D eigenvalue weighted by Gasteiger charge is -2.13. The van der Waals surface area contributed by atoms with Crippen molar-refractivity contribution < 1.29 is 19.3 Å². The minimum atomic E-state index is -0.762. The number of anilines is 1. The first kappa shape index (κ1) is 22.4. The molecule has 3 aromatic rings. The Morgan fingerprint density at radius 2 is 1.83 bits per heavy atom. The van der Waals surface area contributed by atoms with Crippen LogP contribution >= 0.6 is 0 Å². The SMILES string of the molecule is O=C(CCN1C(=O)c2cccc([N+](=O)[O-])c2C1=O)Nc1ccc(-c2nnc3n2CCCCC3)cc1. The topological polar surface area (TPSA) is 140 Å². The third-order valence-electron chi connectivity index (χ3n) is 6.27. The van der Waals surface area contributed by atoms with Crippen LogP contribution in [0.1, 0.15) is 52.2 Å². The molecule has 2 aliphatic rings. The van der Waals surface area contributed by atoms with E-state index in [1.807, 2.05) is 12.1 Å². The maximum absolute atomic E-state index is 12.6. The van der Waals surface area contributed by atoms with Gasteiger partial charge >= 0.3 is 0 Å². The van der Waals surface area contributed by atoms with Crippen molar-refractivity contribution >= 4 is 29.1 Å². The van der Waals surface area contributed by atoms with Crippen molar-refractivity contribution in [2.24, 2.45) is 0 Å². The lowest BCUT2D eigenvalue weighted by Crippen LogP contribution is -2.33. The summed E-state index contributed by atoms with van der Waals surface area (Å²) in [5.74, 6) is 0.00759. The van der Waals surface area contributed by atoms with Crippen molar-refractivity contribution in [1.82, 2.24) is 19.7 Å². The lowest BCUT2D eigenvalue weighted by atomic mass is 10.1. The highest BCUT2D eigenvalue weighted by atomic mass is 16.6. The van der Waals surface area contributed by atoms with Crippen LogP contribution in [0.15, 0.2) is 42.5 Å². The van der Waals surface area contributed by atoms with Gasteiger partial charge in [0, 0.05) is 43.2 Å². The van der Waals surface area contributed by atoms with Crippen LogP contribution in [0.2, 0.25) is 0 Å². The maximum atomic E-state index is 12.6. The van der Waals surface area contributed by atoms with Gasteiger partial charge in [-0.15, -0.1) is 10.2 Å². The van der Waals surface area contributed by atoms with Gasteiger partial charge in [0.1, 0.15) is 11.4 Å². The van der Waals surface area contributed by atoms with Gasteiger partial charge in [0.05, 0.1) is 10.5 Å². The van der Waals surface area contributed by atoms with Crippen LogP contribution in [0, 0.1) is 10.1 Å². The van der Waals surface area contributed by atoms with Gasteiger partial charge in [-0.05, 0) is 43.2 Å². The fourth-order valence-electron chi connectivity index (χ4n) is 4.51. The fourth-order valence-corrected chi connectivity index (χ4v) is 4.51. The minimum absolute atomic E-state index is 0.0217. The molecular formula is C24H22N6O5. The van der Waals surface area contributed by atoms with E-state index in [1.165, 1.54) is 24.6 Å². The number of aromatic nitrogens is 3. The minimum Gasteiger partial charge on any atom is -0.326 e. The number of imide groups is 1. The highest BCUT2D eigenvalue weighted by Crippen LogP contribution is 2.31. The summed E-state index contributed by atoms with van der Waals surface area (Å²) in [5, 5.41) is 22.6. The van der Waals surface area contributed by atoms with Crippen molar-refractivity contribution in [2.45, 2.75) is 38.6 Å². The molecule has 35 heavy (non-hydrogen) atoms. The second-order valence-corrected chi connectivity index (χ2v) is 8.50. The summed E-state index contributed by atoms with van der Waals surface area (Å²) in [6, 6.07) is 11.2. The number of nitro benzene ring substituents is 1. The van der Waals surface area contributed by atoms with E-state index in [0.29, 0.717) is 5.69 Å². The Balaban J connectivity index is 1.22. The quantitative estimate of drug-likeness (QED) is 0.329. The summed E-state index contributed by atoms with van der Waals surface area (Å²) in [6.07, 6.45) is 4.15. The number of rotatable bonds is 6. The molecule has 2 aromatic carbocycles. The summed E-state index contributed by atoms with van der Waals surface area (Å²) in [7, 11) is 0. The van der Waals surface area contributed by atoms with Gasteiger partial charge in [-0.1, -0.05) is 12.5 Å². The number of amides is 3. The summed E-state index contributed by atoms with van der Waals surface area (Å²) in [4.78, 5) is 49.1. The van der Waals surface area contributed by atoms with Crippen LogP contribution in [0.25, 0.3) is 11.4 Å². The van der Waals surface area contributed by atoms with E-state index in [0.717, 1.165) is 47.9 Å². The van der Waals surface area contributed by atoms with Crippen LogP contribution in [-0.4, -0.2) is 48.9 Å². The van der Waals surface area contributed by atoms with Crippen molar-refractivity contribution in [2.75, 3.05) is 11.9 Å². The largest absolute Gasteiger partial charge is 0.326 e. The summed E-state index contributed by atoms with van der Waals surface area (Å²) in [5.41, 5.74) is 0.789. The highest BCUT2D eigenvalue weighted by Gasteiger charge is 2.40. The number of nitrogens with zero attached hydrogens (tertiary/aromatic N) is 5. The molecule has 3 heterocycles. The molecule has 178 valence electrons. The van der Waals surface area contributed by atoms with Gasteiger partial charge in [-0.3, -0.25) is 29.4 Å². The molecule has 11 nitrogen and oxygen atoms in total. The van der Waals surface area contributed by atoms with Gasteiger partial charge in [0.15, 0.2) is 5.82 Å². The van der Waals surface area contributed by atoms with Gasteiger partial charge in [-0.2, -0.15) is 0 Å². The fraction of sp³-hybridized carbons (Fsp3) is 0.292. The normalized spacial score (nSPS) is 14.9. The zero-order valence-electron chi connectivity index (χ0n) is 18.8. The molecule has 3 amide bonds. The van der Waals surface area contributed by atoms with Crippen LogP contribution in [-0.2, 0) is 17.8 Å². The van der Waals surface area contributed by atoms with Crippen molar-refractivity contribution in [3.63, 3.8) is 0 Å². The summed E-state index contributed by atoms with van der Waals surface area (Å²) in [6.45, 7) is 0.705. The monoisotopic (exact) mass is 474 g/mol. The van der Waals surface area contributed by atoms with Crippen molar-refractivity contribution in [1.29, 1.82) is 0 Å². The second kappa shape index (κ2) is 9.09. The van der Waals surface area contributed by atoms with Crippen LogP contribution in [0.3, 0.4) is 0 Å². The third kappa shape index (κ3) is 4.16. The first-order valence-corrected chi connectivity index (χ1v) is 11.4. The molecule has 1 aromatic heterocycles. The maximum Gasteiger partial charge on any atom is 0.282 e. The second-order valence-electron chi connectivity index (χ2n) is 8.50. The third-order valence-corrected chi connectivity index (χ3v) is 6.27. The Hall–Kier alpha value is -4.41. The van der Waals surface area contributed by atoms with E-state index in [-0.39, 0.29) is 30.0 Å². The Morgan fingerprint density at radius 1 is 1.03 bits per heavy atom. The Bertz CT molecular complexity index is 1350. The van der Waals surface area contributed by atoms with Crippen LogP contribution in [0.5, 0.6) is 0 Å². The van der Waals surface area contributed by atoms with Gasteiger partial charge in [0.2, 0.25) is 5.91 Å². The first-order chi connectivity index (χ1) is 16.9. The summed E-state index contributed by atoms with van der Waals surface area (Å²) >= 11 is 0. The molecular weight excluding hydrogens is 452 g/mol. The molecule has 0 atom stereocenters. The van der Waals surface area contributed by atoms with Crippen LogP contribution < -0.4 is 5.32 Å².